The minimum Gasteiger partial charge on any atom is -0.493 e. The molecule has 2 rings (SSSR count). The number of hydrogen-bond donors (Lipinski definition) is 1. The Morgan fingerprint density at radius 3 is 2.64 bits per heavy atom. The Balaban J connectivity index is 2.08. The van der Waals surface area contributed by atoms with Crippen LogP contribution in [0.5, 0.6) is 11.5 Å². The number of hydrogen-bond acceptors (Lipinski definition) is 4. The lowest BCUT2D eigenvalue weighted by Gasteiger charge is -2.07. The Labute approximate surface area is 129 Å². The summed E-state index contributed by atoms with van der Waals surface area (Å²) in [5.74, 6) is 1.58. The van der Waals surface area contributed by atoms with Crippen LogP contribution in [0.25, 0.3) is 6.08 Å². The second-order valence-corrected chi connectivity index (χ2v) is 4.61. The highest BCUT2D eigenvalue weighted by Crippen LogP contribution is 2.27. The quantitative estimate of drug-likeness (QED) is 0.862. The third kappa shape index (κ3) is 3.85. The lowest BCUT2D eigenvalue weighted by atomic mass is 10.2. The molecular weight excluding hydrogens is 280 g/mol. The number of ether oxygens (including phenoxy) is 2. The third-order valence-corrected chi connectivity index (χ3v) is 3.09. The lowest BCUT2D eigenvalue weighted by molar-refractivity contribution is -0.111. The number of carbonyl (C=O) groups is 1. The van der Waals surface area contributed by atoms with Gasteiger partial charge in [-0.15, -0.1) is 0 Å². The van der Waals surface area contributed by atoms with Crippen molar-refractivity contribution >= 4 is 17.8 Å². The largest absolute Gasteiger partial charge is 0.493 e. The van der Waals surface area contributed by atoms with Gasteiger partial charge in [0.25, 0.3) is 0 Å². The maximum Gasteiger partial charge on any atom is 0.249 e. The number of aryl methyl sites for hydroxylation is 1. The number of benzene rings is 1. The molecule has 0 aliphatic heterocycles. The second kappa shape index (κ2) is 7.26. The zero-order valence-electron chi connectivity index (χ0n) is 12.8. The zero-order valence-corrected chi connectivity index (χ0v) is 12.8. The second-order valence-electron chi connectivity index (χ2n) is 4.61. The number of carbonyl (C=O) groups excluding carboxylic acids is 1. The molecule has 2 aromatic rings. The number of methoxy groups -OCH3 is 2. The molecule has 0 fully saturated rings. The smallest absolute Gasteiger partial charge is 0.249 e. The van der Waals surface area contributed by atoms with E-state index in [0.29, 0.717) is 17.3 Å². The van der Waals surface area contributed by atoms with Crippen molar-refractivity contribution < 1.29 is 14.3 Å². The van der Waals surface area contributed by atoms with Crippen LogP contribution in [0.3, 0.4) is 0 Å². The average molecular weight is 298 g/mol. The van der Waals surface area contributed by atoms with Crippen LogP contribution in [0.15, 0.2) is 42.6 Å². The first-order chi connectivity index (χ1) is 10.6. The number of nitrogens with one attached hydrogen (secondary N) is 1. The molecule has 0 saturated carbocycles. The number of rotatable bonds is 5. The highest BCUT2D eigenvalue weighted by molar-refractivity contribution is 6.01. The predicted octanol–water partition coefficient (Wildman–Crippen LogP) is 3.06. The molecule has 0 aliphatic carbocycles. The number of pyridine rings is 1. The van der Waals surface area contributed by atoms with E-state index in [1.807, 2.05) is 25.1 Å². The van der Waals surface area contributed by atoms with E-state index in [1.165, 1.54) is 6.08 Å². The van der Waals surface area contributed by atoms with Gasteiger partial charge >= 0.3 is 0 Å². The van der Waals surface area contributed by atoms with Crippen LogP contribution >= 0.6 is 0 Å². The van der Waals surface area contributed by atoms with E-state index in [4.69, 9.17) is 9.47 Å². The van der Waals surface area contributed by atoms with Gasteiger partial charge in [0.05, 0.1) is 14.2 Å². The van der Waals surface area contributed by atoms with Crippen LogP contribution < -0.4 is 14.8 Å². The van der Waals surface area contributed by atoms with E-state index in [2.05, 4.69) is 10.3 Å². The Kier molecular flexibility index (Phi) is 5.14. The summed E-state index contributed by atoms with van der Waals surface area (Å²) in [6.45, 7) is 1.89. The highest BCUT2D eigenvalue weighted by atomic mass is 16.5. The van der Waals surface area contributed by atoms with E-state index < -0.39 is 0 Å². The summed E-state index contributed by atoms with van der Waals surface area (Å²) in [5, 5.41) is 2.74. The fraction of sp³-hybridized carbons (Fsp3) is 0.176. The number of nitrogens with zero attached hydrogens (tertiary/aromatic N) is 1. The van der Waals surface area contributed by atoms with E-state index in [0.717, 1.165) is 11.1 Å². The molecule has 0 unspecified atom stereocenters. The zero-order chi connectivity index (χ0) is 15.9. The molecule has 0 saturated heterocycles. The van der Waals surface area contributed by atoms with E-state index in [-0.39, 0.29) is 5.91 Å². The SMILES string of the molecule is COc1ccc(C=CC(=O)Nc2ncccc2C)cc1OC. The first-order valence-electron chi connectivity index (χ1n) is 6.76. The molecule has 22 heavy (non-hydrogen) atoms. The van der Waals surface area contributed by atoms with E-state index in [9.17, 15) is 4.79 Å². The normalized spacial score (nSPS) is 10.5. The van der Waals surface area contributed by atoms with Crippen molar-refractivity contribution in [3.05, 3.63) is 53.7 Å². The maximum absolute atomic E-state index is 11.9. The van der Waals surface area contributed by atoms with Gasteiger partial charge in [0, 0.05) is 12.3 Å². The molecule has 5 heteroatoms. The molecule has 1 aromatic heterocycles. The van der Waals surface area contributed by atoms with Crippen molar-refractivity contribution in [2.45, 2.75) is 6.92 Å². The van der Waals surface area contributed by atoms with Crippen molar-refractivity contribution in [2.24, 2.45) is 0 Å². The van der Waals surface area contributed by atoms with Gasteiger partial charge in [-0.05, 0) is 42.3 Å². The van der Waals surface area contributed by atoms with Crippen LogP contribution in [0.1, 0.15) is 11.1 Å². The van der Waals surface area contributed by atoms with Crippen LogP contribution in [-0.2, 0) is 4.79 Å². The van der Waals surface area contributed by atoms with Crippen molar-refractivity contribution in [3.63, 3.8) is 0 Å². The van der Waals surface area contributed by atoms with Crippen molar-refractivity contribution in [1.29, 1.82) is 0 Å². The van der Waals surface area contributed by atoms with Crippen LogP contribution in [0.2, 0.25) is 0 Å². The summed E-state index contributed by atoms with van der Waals surface area (Å²) in [6, 6.07) is 9.15. The standard InChI is InChI=1S/C17H18N2O3/c1-12-5-4-10-18-17(12)19-16(20)9-7-13-6-8-14(21-2)15(11-13)22-3/h4-11H,1-3H3,(H,18,19,20). The van der Waals surface area contributed by atoms with E-state index in [1.54, 1.807) is 38.6 Å². The van der Waals surface area contributed by atoms with Gasteiger partial charge in [0.1, 0.15) is 5.82 Å². The van der Waals surface area contributed by atoms with Gasteiger partial charge in [-0.25, -0.2) is 4.98 Å². The number of anilines is 1. The summed E-state index contributed by atoms with van der Waals surface area (Å²) in [7, 11) is 3.15. The minimum absolute atomic E-state index is 0.239. The molecule has 0 aliphatic rings. The topological polar surface area (TPSA) is 60.5 Å². The molecule has 0 spiro atoms. The molecule has 1 aromatic carbocycles. The van der Waals surface area contributed by atoms with Gasteiger partial charge in [-0.2, -0.15) is 0 Å². The fourth-order valence-electron chi connectivity index (χ4n) is 1.90. The fourth-order valence-corrected chi connectivity index (χ4v) is 1.90. The first-order valence-corrected chi connectivity index (χ1v) is 6.76. The first kappa shape index (κ1) is 15.6. The van der Waals surface area contributed by atoms with Gasteiger partial charge in [-0.3, -0.25) is 4.79 Å². The summed E-state index contributed by atoms with van der Waals surface area (Å²) < 4.78 is 10.4. The predicted molar refractivity (Wildman–Crippen MR) is 86.2 cm³/mol. The average Bonchev–Trinajstić information content (AvgIpc) is 2.54. The molecule has 0 radical (unpaired) electrons. The van der Waals surface area contributed by atoms with Crippen LogP contribution in [-0.4, -0.2) is 25.1 Å². The van der Waals surface area contributed by atoms with Gasteiger partial charge in [-0.1, -0.05) is 12.1 Å². The Bertz CT molecular complexity index is 696. The minimum atomic E-state index is -0.239. The summed E-state index contributed by atoms with van der Waals surface area (Å²) in [4.78, 5) is 16.0. The van der Waals surface area contributed by atoms with Gasteiger partial charge in [0.2, 0.25) is 5.91 Å². The Morgan fingerprint density at radius 2 is 1.95 bits per heavy atom. The van der Waals surface area contributed by atoms with Crippen LogP contribution in [0, 0.1) is 6.92 Å². The summed E-state index contributed by atoms with van der Waals surface area (Å²) >= 11 is 0. The monoisotopic (exact) mass is 298 g/mol. The third-order valence-electron chi connectivity index (χ3n) is 3.09. The molecule has 1 N–H and O–H groups in total. The molecule has 1 amide bonds. The molecule has 1 heterocycles. The number of amides is 1. The van der Waals surface area contributed by atoms with Crippen LogP contribution in [0.4, 0.5) is 5.82 Å². The molecule has 114 valence electrons. The lowest BCUT2D eigenvalue weighted by Crippen LogP contribution is -2.10. The van der Waals surface area contributed by atoms with Crippen molar-refractivity contribution in [3.8, 4) is 11.5 Å². The molecule has 0 atom stereocenters. The molecule has 5 nitrogen and oxygen atoms in total. The summed E-state index contributed by atoms with van der Waals surface area (Å²) in [6.07, 6.45) is 4.80. The van der Waals surface area contributed by atoms with Crippen molar-refractivity contribution in [2.75, 3.05) is 19.5 Å². The number of aromatic nitrogens is 1. The molecular formula is C17H18N2O3. The van der Waals surface area contributed by atoms with E-state index >= 15 is 0 Å². The maximum atomic E-state index is 11.9. The van der Waals surface area contributed by atoms with Gasteiger partial charge in [0.15, 0.2) is 11.5 Å². The highest BCUT2D eigenvalue weighted by Gasteiger charge is 2.04. The Morgan fingerprint density at radius 1 is 1.18 bits per heavy atom. The van der Waals surface area contributed by atoms with Crippen molar-refractivity contribution in [1.82, 2.24) is 4.98 Å². The molecule has 0 bridgehead atoms. The summed E-state index contributed by atoms with van der Waals surface area (Å²) in [5.41, 5.74) is 1.75. The van der Waals surface area contributed by atoms with Gasteiger partial charge < -0.3 is 14.8 Å². The Hall–Kier alpha value is -2.82.